The fraction of sp³-hybridized carbons (Fsp3) is 0.364. The summed E-state index contributed by atoms with van der Waals surface area (Å²) < 4.78 is 24.9. The van der Waals surface area contributed by atoms with E-state index in [2.05, 4.69) is 4.98 Å². The lowest BCUT2D eigenvalue weighted by molar-refractivity contribution is 0.602. The quantitative estimate of drug-likeness (QED) is 0.851. The highest BCUT2D eigenvalue weighted by atomic mass is 32.2. The number of thiazole rings is 1. The van der Waals surface area contributed by atoms with Gasteiger partial charge in [0.1, 0.15) is 0 Å². The number of para-hydroxylation sites is 1. The molecule has 3 nitrogen and oxygen atoms in total. The van der Waals surface area contributed by atoms with Gasteiger partial charge >= 0.3 is 0 Å². The average Bonchev–Trinajstić information content (AvgIpc) is 2.81. The van der Waals surface area contributed by atoms with Crippen molar-refractivity contribution in [1.82, 2.24) is 4.98 Å². The van der Waals surface area contributed by atoms with Crippen LogP contribution in [0.2, 0.25) is 0 Å². The Labute approximate surface area is 108 Å². The molecule has 17 heavy (non-hydrogen) atoms. The Morgan fingerprint density at radius 3 is 2.88 bits per heavy atom. The largest absolute Gasteiger partial charge is 0.230 e. The molecule has 1 aromatic heterocycles. The number of aromatic nitrogens is 1. The Hall–Kier alpha value is -0.590. The van der Waals surface area contributed by atoms with Gasteiger partial charge in [0.15, 0.2) is 14.2 Å². The normalized spacial score (nSPS) is 23.2. The minimum Gasteiger partial charge on any atom is -0.230 e. The van der Waals surface area contributed by atoms with Crippen LogP contribution < -0.4 is 0 Å². The summed E-state index contributed by atoms with van der Waals surface area (Å²) in [6, 6.07) is 8.00. The second kappa shape index (κ2) is 4.26. The van der Waals surface area contributed by atoms with E-state index in [0.717, 1.165) is 21.0 Å². The van der Waals surface area contributed by atoms with Crippen LogP contribution in [0.1, 0.15) is 6.42 Å². The van der Waals surface area contributed by atoms with Crippen molar-refractivity contribution in [1.29, 1.82) is 0 Å². The molecule has 1 fully saturated rings. The summed E-state index contributed by atoms with van der Waals surface area (Å²) in [7, 11) is -2.79. The molecule has 0 aliphatic carbocycles. The van der Waals surface area contributed by atoms with Crippen molar-refractivity contribution in [3.63, 3.8) is 0 Å². The molecule has 3 rings (SSSR count). The third kappa shape index (κ3) is 2.48. The first-order chi connectivity index (χ1) is 8.12. The van der Waals surface area contributed by atoms with Crippen molar-refractivity contribution in [3.05, 3.63) is 24.3 Å². The highest BCUT2D eigenvalue weighted by Crippen LogP contribution is 2.35. The number of hydrogen-bond acceptors (Lipinski definition) is 5. The van der Waals surface area contributed by atoms with Crippen LogP contribution in [0.3, 0.4) is 0 Å². The van der Waals surface area contributed by atoms with Gasteiger partial charge in [-0.3, -0.25) is 0 Å². The monoisotopic (exact) mass is 285 g/mol. The number of rotatable bonds is 2. The second-order valence-corrected chi connectivity index (χ2v) is 8.90. The Balaban J connectivity index is 1.81. The maximum absolute atomic E-state index is 11.4. The van der Waals surface area contributed by atoms with Crippen LogP contribution in [0, 0.1) is 0 Å². The summed E-state index contributed by atoms with van der Waals surface area (Å²) in [5.74, 6) is 0.628. The van der Waals surface area contributed by atoms with Crippen LogP contribution in [0.5, 0.6) is 0 Å². The maximum atomic E-state index is 11.4. The summed E-state index contributed by atoms with van der Waals surface area (Å²) in [6.45, 7) is 0. The van der Waals surface area contributed by atoms with Crippen molar-refractivity contribution in [2.75, 3.05) is 11.5 Å². The first-order valence-corrected chi connectivity index (χ1v) is 8.87. The van der Waals surface area contributed by atoms with E-state index >= 15 is 0 Å². The van der Waals surface area contributed by atoms with E-state index in [1.54, 1.807) is 23.1 Å². The molecule has 2 aromatic rings. The second-order valence-electron chi connectivity index (χ2n) is 4.09. The third-order valence-corrected chi connectivity index (χ3v) is 7.11. The Kier molecular flexibility index (Phi) is 2.88. The third-order valence-electron chi connectivity index (χ3n) is 2.73. The number of benzene rings is 1. The van der Waals surface area contributed by atoms with Crippen LogP contribution in [0.4, 0.5) is 0 Å². The van der Waals surface area contributed by atoms with Gasteiger partial charge in [-0.15, -0.1) is 11.3 Å². The molecule has 6 heteroatoms. The predicted octanol–water partition coefficient (Wildman–Crippen LogP) is 2.58. The number of nitrogens with zero attached hydrogens (tertiary/aromatic N) is 1. The van der Waals surface area contributed by atoms with E-state index in [1.165, 1.54) is 0 Å². The van der Waals surface area contributed by atoms with Gasteiger partial charge in [-0.25, -0.2) is 13.4 Å². The fourth-order valence-electron chi connectivity index (χ4n) is 1.90. The summed E-state index contributed by atoms with van der Waals surface area (Å²) in [4.78, 5) is 4.51. The molecular weight excluding hydrogens is 274 g/mol. The van der Waals surface area contributed by atoms with Crippen LogP contribution in [0.15, 0.2) is 28.6 Å². The Bertz CT molecular complexity index is 615. The molecule has 1 unspecified atom stereocenters. The summed E-state index contributed by atoms with van der Waals surface area (Å²) in [6.07, 6.45) is 0.753. The van der Waals surface area contributed by atoms with Gasteiger partial charge in [0.05, 0.1) is 21.7 Å². The zero-order chi connectivity index (χ0) is 11.9. The minimum atomic E-state index is -2.79. The molecule has 0 N–H and O–H groups in total. The molecule has 0 bridgehead atoms. The number of sulfone groups is 1. The van der Waals surface area contributed by atoms with E-state index in [0.29, 0.717) is 11.5 Å². The van der Waals surface area contributed by atoms with Crippen molar-refractivity contribution in [2.24, 2.45) is 0 Å². The zero-order valence-electron chi connectivity index (χ0n) is 9.00. The number of hydrogen-bond donors (Lipinski definition) is 0. The van der Waals surface area contributed by atoms with Gasteiger partial charge in [-0.2, -0.15) is 0 Å². The van der Waals surface area contributed by atoms with Crippen LogP contribution >= 0.6 is 23.1 Å². The first kappa shape index (κ1) is 11.5. The summed E-state index contributed by atoms with van der Waals surface area (Å²) >= 11 is 3.25. The van der Waals surface area contributed by atoms with Gasteiger partial charge < -0.3 is 0 Å². The van der Waals surface area contributed by atoms with E-state index in [4.69, 9.17) is 0 Å². The van der Waals surface area contributed by atoms with Crippen molar-refractivity contribution in [2.45, 2.75) is 16.0 Å². The number of thioether (sulfide) groups is 1. The fourth-order valence-corrected chi connectivity index (χ4v) is 6.72. The van der Waals surface area contributed by atoms with Crippen molar-refractivity contribution in [3.8, 4) is 0 Å². The van der Waals surface area contributed by atoms with E-state index in [-0.39, 0.29) is 5.25 Å². The van der Waals surface area contributed by atoms with Gasteiger partial charge in [-0.05, 0) is 18.6 Å². The molecule has 1 aliphatic rings. The Morgan fingerprint density at radius 1 is 1.35 bits per heavy atom. The van der Waals surface area contributed by atoms with Gasteiger partial charge in [-0.1, -0.05) is 23.9 Å². The SMILES string of the molecule is O=S1(=O)CCC(Sc2nc3ccccc3s2)C1. The van der Waals surface area contributed by atoms with E-state index in [1.807, 2.05) is 24.3 Å². The lowest BCUT2D eigenvalue weighted by Gasteiger charge is -2.02. The summed E-state index contributed by atoms with van der Waals surface area (Å²) in [5.41, 5.74) is 1.00. The van der Waals surface area contributed by atoms with Crippen LogP contribution in [-0.2, 0) is 9.84 Å². The van der Waals surface area contributed by atoms with Crippen LogP contribution in [-0.4, -0.2) is 30.2 Å². The smallest absolute Gasteiger partial charge is 0.151 e. The molecule has 0 saturated carbocycles. The summed E-state index contributed by atoms with van der Waals surface area (Å²) in [5, 5.41) is 0.181. The van der Waals surface area contributed by atoms with E-state index < -0.39 is 9.84 Å². The molecule has 0 radical (unpaired) electrons. The zero-order valence-corrected chi connectivity index (χ0v) is 11.4. The van der Waals surface area contributed by atoms with Gasteiger partial charge in [0.2, 0.25) is 0 Å². The van der Waals surface area contributed by atoms with Crippen molar-refractivity contribution >= 4 is 43.2 Å². The Morgan fingerprint density at radius 2 is 2.18 bits per heavy atom. The van der Waals surface area contributed by atoms with Crippen LogP contribution in [0.25, 0.3) is 10.2 Å². The molecule has 1 saturated heterocycles. The lowest BCUT2D eigenvalue weighted by Crippen LogP contribution is -2.05. The minimum absolute atomic E-state index is 0.181. The van der Waals surface area contributed by atoms with Gasteiger partial charge in [0, 0.05) is 5.25 Å². The molecule has 90 valence electrons. The molecule has 0 spiro atoms. The molecule has 0 amide bonds. The highest BCUT2D eigenvalue weighted by Gasteiger charge is 2.29. The maximum Gasteiger partial charge on any atom is 0.151 e. The molecule has 1 atom stereocenters. The topological polar surface area (TPSA) is 47.0 Å². The number of fused-ring (bicyclic) bond motifs is 1. The van der Waals surface area contributed by atoms with Crippen molar-refractivity contribution < 1.29 is 8.42 Å². The highest BCUT2D eigenvalue weighted by molar-refractivity contribution is 8.03. The standard InChI is InChI=1S/C11H11NO2S3/c13-17(14)6-5-8(7-17)15-11-12-9-3-1-2-4-10(9)16-11/h1-4,8H,5-7H2. The molecular formula is C11H11NO2S3. The van der Waals surface area contributed by atoms with E-state index in [9.17, 15) is 8.42 Å². The molecule has 1 aromatic carbocycles. The molecule has 1 aliphatic heterocycles. The van der Waals surface area contributed by atoms with Gasteiger partial charge in [0.25, 0.3) is 0 Å². The predicted molar refractivity (Wildman–Crippen MR) is 72.5 cm³/mol. The molecule has 2 heterocycles. The first-order valence-electron chi connectivity index (χ1n) is 5.35. The average molecular weight is 285 g/mol. The lowest BCUT2D eigenvalue weighted by atomic mass is 10.3.